The SMILES string of the molecule is O=C(NC1CCCCC1)c1cccn2c(=O)c3cc(OC(F)(F)F)ccc3nc12. The topological polar surface area (TPSA) is 72.7 Å². The first-order chi connectivity index (χ1) is 13.8. The second-order valence-corrected chi connectivity index (χ2v) is 7.07. The van der Waals surface area contributed by atoms with Crippen LogP contribution in [0.15, 0.2) is 41.3 Å². The van der Waals surface area contributed by atoms with E-state index in [1.165, 1.54) is 18.3 Å². The summed E-state index contributed by atoms with van der Waals surface area (Å²) in [5, 5.41) is 2.96. The van der Waals surface area contributed by atoms with Crippen LogP contribution in [0, 0.1) is 0 Å². The molecule has 29 heavy (non-hydrogen) atoms. The van der Waals surface area contributed by atoms with Crippen molar-refractivity contribution in [1.82, 2.24) is 14.7 Å². The molecule has 152 valence electrons. The van der Waals surface area contributed by atoms with Gasteiger partial charge in [-0.3, -0.25) is 14.0 Å². The fourth-order valence-corrected chi connectivity index (χ4v) is 3.69. The van der Waals surface area contributed by atoms with Crippen LogP contribution in [0.4, 0.5) is 13.2 Å². The smallest absolute Gasteiger partial charge is 0.406 e. The number of pyridine rings is 1. The molecule has 1 fully saturated rings. The van der Waals surface area contributed by atoms with Gasteiger partial charge in [-0.2, -0.15) is 0 Å². The quantitative estimate of drug-likeness (QED) is 0.673. The van der Waals surface area contributed by atoms with Crippen LogP contribution in [0.3, 0.4) is 0 Å². The summed E-state index contributed by atoms with van der Waals surface area (Å²) in [4.78, 5) is 30.0. The second kappa shape index (κ2) is 7.38. The maximum absolute atomic E-state index is 12.8. The molecule has 1 amide bonds. The highest BCUT2D eigenvalue weighted by Crippen LogP contribution is 2.25. The van der Waals surface area contributed by atoms with Gasteiger partial charge in [0.1, 0.15) is 5.75 Å². The average molecular weight is 405 g/mol. The minimum absolute atomic E-state index is 0.0333. The fourth-order valence-electron chi connectivity index (χ4n) is 3.69. The summed E-state index contributed by atoms with van der Waals surface area (Å²) in [5.74, 6) is -0.826. The van der Waals surface area contributed by atoms with Crippen LogP contribution in [-0.4, -0.2) is 27.7 Å². The Morgan fingerprint density at radius 3 is 2.66 bits per heavy atom. The normalized spacial score (nSPS) is 15.6. The zero-order valence-corrected chi connectivity index (χ0v) is 15.3. The van der Waals surface area contributed by atoms with Crippen LogP contribution < -0.4 is 15.6 Å². The van der Waals surface area contributed by atoms with E-state index in [-0.39, 0.29) is 34.1 Å². The number of hydrogen-bond donors (Lipinski definition) is 1. The average Bonchev–Trinajstić information content (AvgIpc) is 2.68. The van der Waals surface area contributed by atoms with Crippen molar-refractivity contribution in [1.29, 1.82) is 0 Å². The molecule has 0 atom stereocenters. The number of alkyl halides is 3. The van der Waals surface area contributed by atoms with Crippen molar-refractivity contribution in [3.05, 3.63) is 52.4 Å². The first-order valence-corrected chi connectivity index (χ1v) is 9.33. The summed E-state index contributed by atoms with van der Waals surface area (Å²) >= 11 is 0. The van der Waals surface area contributed by atoms with Crippen LogP contribution in [0.1, 0.15) is 42.5 Å². The van der Waals surface area contributed by atoms with Gasteiger partial charge in [0.25, 0.3) is 11.5 Å². The van der Waals surface area contributed by atoms with Crippen molar-refractivity contribution in [2.45, 2.75) is 44.5 Å². The predicted molar refractivity (Wildman–Crippen MR) is 100.0 cm³/mol. The summed E-state index contributed by atoms with van der Waals surface area (Å²) in [6, 6.07) is 6.56. The number of halogens is 3. The van der Waals surface area contributed by atoms with Crippen LogP contribution in [-0.2, 0) is 0 Å². The predicted octanol–water partition coefficient (Wildman–Crippen LogP) is 3.81. The third-order valence-electron chi connectivity index (χ3n) is 5.03. The van der Waals surface area contributed by atoms with E-state index < -0.39 is 17.7 Å². The number of nitrogens with zero attached hydrogens (tertiary/aromatic N) is 2. The first kappa shape index (κ1) is 19.2. The molecule has 1 aliphatic carbocycles. The number of carbonyl (C=O) groups excluding carboxylic acids is 1. The lowest BCUT2D eigenvalue weighted by molar-refractivity contribution is -0.274. The van der Waals surface area contributed by atoms with Crippen molar-refractivity contribution in [3.8, 4) is 5.75 Å². The van der Waals surface area contributed by atoms with Crippen LogP contribution in [0.25, 0.3) is 16.6 Å². The van der Waals surface area contributed by atoms with Crippen LogP contribution >= 0.6 is 0 Å². The molecule has 2 aromatic heterocycles. The fraction of sp³-hybridized carbons (Fsp3) is 0.350. The lowest BCUT2D eigenvalue weighted by Crippen LogP contribution is -2.36. The molecule has 2 heterocycles. The highest BCUT2D eigenvalue weighted by molar-refractivity contribution is 6.00. The van der Waals surface area contributed by atoms with Crippen molar-refractivity contribution in [2.24, 2.45) is 0 Å². The Morgan fingerprint density at radius 1 is 1.17 bits per heavy atom. The molecule has 0 saturated heterocycles. The zero-order chi connectivity index (χ0) is 20.6. The van der Waals surface area contributed by atoms with Gasteiger partial charge in [0.2, 0.25) is 0 Å². The van der Waals surface area contributed by atoms with E-state index in [2.05, 4.69) is 15.0 Å². The molecule has 1 N–H and O–H groups in total. The van der Waals surface area contributed by atoms with E-state index >= 15 is 0 Å². The number of rotatable bonds is 3. The maximum Gasteiger partial charge on any atom is 0.573 e. The van der Waals surface area contributed by atoms with Crippen molar-refractivity contribution in [3.63, 3.8) is 0 Å². The molecule has 0 unspecified atom stereocenters. The second-order valence-electron chi connectivity index (χ2n) is 7.07. The molecule has 6 nitrogen and oxygen atoms in total. The van der Waals surface area contributed by atoms with Gasteiger partial charge in [0.05, 0.1) is 16.5 Å². The van der Waals surface area contributed by atoms with Crippen molar-refractivity contribution < 1.29 is 22.7 Å². The largest absolute Gasteiger partial charge is 0.573 e. The number of aromatic nitrogens is 2. The van der Waals surface area contributed by atoms with Gasteiger partial charge in [0, 0.05) is 12.2 Å². The Morgan fingerprint density at radius 2 is 1.93 bits per heavy atom. The minimum atomic E-state index is -4.86. The molecule has 4 rings (SSSR count). The Balaban J connectivity index is 1.76. The molecule has 1 saturated carbocycles. The molecule has 0 spiro atoms. The Kier molecular flexibility index (Phi) is 4.89. The molecule has 1 aliphatic rings. The van der Waals surface area contributed by atoms with Gasteiger partial charge in [-0.05, 0) is 43.2 Å². The molecular formula is C20H18F3N3O3. The number of benzene rings is 1. The Hall–Kier alpha value is -3.10. The molecule has 1 aromatic carbocycles. The van der Waals surface area contributed by atoms with E-state index in [0.29, 0.717) is 0 Å². The monoisotopic (exact) mass is 405 g/mol. The van der Waals surface area contributed by atoms with E-state index in [9.17, 15) is 22.8 Å². The Labute approximate surface area is 163 Å². The third-order valence-corrected chi connectivity index (χ3v) is 5.03. The van der Waals surface area contributed by atoms with Gasteiger partial charge in [-0.25, -0.2) is 4.98 Å². The zero-order valence-electron chi connectivity index (χ0n) is 15.3. The molecule has 0 bridgehead atoms. The van der Waals surface area contributed by atoms with Crippen molar-refractivity contribution in [2.75, 3.05) is 0 Å². The highest BCUT2D eigenvalue weighted by atomic mass is 19.4. The van der Waals surface area contributed by atoms with E-state index in [1.54, 1.807) is 6.07 Å². The standard InChI is InChI=1S/C20H18F3N3O3/c21-20(22,23)29-13-8-9-16-15(11-13)19(28)26-10-4-7-14(17(26)25-16)18(27)24-12-5-2-1-3-6-12/h4,7-12H,1-3,5-6H2,(H,24,27). The number of hydrogen-bond acceptors (Lipinski definition) is 4. The van der Waals surface area contributed by atoms with E-state index in [0.717, 1.165) is 48.6 Å². The Bertz CT molecular complexity index is 1130. The molecule has 9 heteroatoms. The van der Waals surface area contributed by atoms with Gasteiger partial charge in [-0.1, -0.05) is 19.3 Å². The summed E-state index contributed by atoms with van der Waals surface area (Å²) in [6.07, 6.45) is 1.67. The number of nitrogens with one attached hydrogen (secondary N) is 1. The molecule has 0 radical (unpaired) electrons. The summed E-state index contributed by atoms with van der Waals surface area (Å²) in [5.41, 5.74) is 0.00266. The molecule has 0 aliphatic heterocycles. The summed E-state index contributed by atoms with van der Waals surface area (Å²) in [7, 11) is 0. The van der Waals surface area contributed by atoms with E-state index in [1.807, 2.05) is 0 Å². The first-order valence-electron chi connectivity index (χ1n) is 9.33. The number of ether oxygens (including phenoxy) is 1. The van der Waals surface area contributed by atoms with Crippen molar-refractivity contribution >= 4 is 22.5 Å². The van der Waals surface area contributed by atoms with Gasteiger partial charge >= 0.3 is 6.36 Å². The minimum Gasteiger partial charge on any atom is -0.406 e. The third kappa shape index (κ3) is 4.03. The number of amides is 1. The van der Waals surface area contributed by atoms with E-state index in [4.69, 9.17) is 0 Å². The summed E-state index contributed by atoms with van der Waals surface area (Å²) < 4.78 is 42.4. The van der Waals surface area contributed by atoms with Crippen LogP contribution in [0.2, 0.25) is 0 Å². The lowest BCUT2D eigenvalue weighted by Gasteiger charge is -2.23. The molecule has 3 aromatic rings. The number of carbonyl (C=O) groups is 1. The highest BCUT2D eigenvalue weighted by Gasteiger charge is 2.31. The lowest BCUT2D eigenvalue weighted by atomic mass is 9.95. The van der Waals surface area contributed by atoms with Crippen LogP contribution in [0.5, 0.6) is 5.75 Å². The van der Waals surface area contributed by atoms with Gasteiger partial charge < -0.3 is 10.1 Å². The van der Waals surface area contributed by atoms with Gasteiger partial charge in [-0.15, -0.1) is 13.2 Å². The van der Waals surface area contributed by atoms with Gasteiger partial charge in [0.15, 0.2) is 5.65 Å². The summed E-state index contributed by atoms with van der Waals surface area (Å²) in [6.45, 7) is 0. The number of fused-ring (bicyclic) bond motifs is 2. The maximum atomic E-state index is 12.8. The molecular weight excluding hydrogens is 387 g/mol.